The highest BCUT2D eigenvalue weighted by Crippen LogP contribution is 2.32. The molecule has 1 aromatic carbocycles. The van der Waals surface area contributed by atoms with Gasteiger partial charge in [0, 0.05) is 16.2 Å². The van der Waals surface area contributed by atoms with Crippen LogP contribution >= 0.6 is 0 Å². The number of hydrogen-bond acceptors (Lipinski definition) is 6. The first kappa shape index (κ1) is 16.1. The Kier molecular flexibility index (Phi) is 4.53. The average Bonchev–Trinajstić information content (AvgIpc) is 2.20. The van der Waals surface area contributed by atoms with Crippen LogP contribution < -0.4 is 4.18 Å². The molecule has 0 bridgehead atoms. The van der Waals surface area contributed by atoms with Crippen LogP contribution in [0.5, 0.6) is 5.75 Å². The lowest BCUT2D eigenvalue weighted by Gasteiger charge is -2.09. The van der Waals surface area contributed by atoms with Crippen molar-refractivity contribution >= 4 is 26.4 Å². The quantitative estimate of drug-likeness (QED) is 0.355. The Labute approximate surface area is 113 Å². The first-order chi connectivity index (χ1) is 9.02. The molecule has 1 rings (SSSR count). The number of hydrogen-bond donors (Lipinski definition) is 0. The van der Waals surface area contributed by atoms with Crippen molar-refractivity contribution in [1.82, 2.24) is 0 Å². The minimum absolute atomic E-state index is 0.0518. The fourth-order valence-electron chi connectivity index (χ4n) is 1.36. The van der Waals surface area contributed by atoms with E-state index < -0.39 is 32.2 Å². The van der Waals surface area contributed by atoms with Gasteiger partial charge in [0.1, 0.15) is 11.5 Å². The zero-order valence-corrected chi connectivity index (χ0v) is 11.5. The summed E-state index contributed by atoms with van der Waals surface area (Å²) in [5.74, 6) is -1.71. The molecule has 0 aliphatic carbocycles. The molecule has 8 nitrogen and oxygen atoms in total. The summed E-state index contributed by atoms with van der Waals surface area (Å²) in [6.07, 6.45) is 0. The number of benzene rings is 1. The van der Waals surface area contributed by atoms with Gasteiger partial charge in [-0.2, -0.15) is 16.8 Å². The maximum absolute atomic E-state index is 12.6. The summed E-state index contributed by atoms with van der Waals surface area (Å²) in [6, 6.07) is 1.84. The summed E-state index contributed by atoms with van der Waals surface area (Å²) in [7, 11) is -10.3. The Morgan fingerprint density at radius 3 is 2.35 bits per heavy atom. The van der Waals surface area contributed by atoms with Gasteiger partial charge in [0.15, 0.2) is 0 Å². The zero-order valence-electron chi connectivity index (χ0n) is 9.82. The molecule has 0 amide bonds. The van der Waals surface area contributed by atoms with E-state index in [-0.39, 0.29) is 16.8 Å². The van der Waals surface area contributed by atoms with Gasteiger partial charge in [0.25, 0.3) is 0 Å². The van der Waals surface area contributed by atoms with Gasteiger partial charge >= 0.3 is 20.7 Å². The van der Waals surface area contributed by atoms with Crippen LogP contribution in [-0.4, -0.2) is 16.8 Å². The highest BCUT2D eigenvalue weighted by molar-refractivity contribution is 7.85. The summed E-state index contributed by atoms with van der Waals surface area (Å²) in [5, 5.41) is 3.15. The van der Waals surface area contributed by atoms with Gasteiger partial charge < -0.3 is 4.18 Å². The van der Waals surface area contributed by atoms with E-state index in [1.54, 1.807) is 0 Å². The molecule has 0 N–H and O–H groups in total. The third-order valence-corrected chi connectivity index (χ3v) is 3.13. The molecule has 0 aromatic heterocycles. The lowest BCUT2D eigenvalue weighted by atomic mass is 10.1. The lowest BCUT2D eigenvalue weighted by Crippen LogP contribution is -2.04. The van der Waals surface area contributed by atoms with E-state index in [9.17, 15) is 24.6 Å². The Bertz CT molecular complexity index is 785. The zero-order chi connectivity index (χ0) is 15.6. The maximum Gasteiger partial charge on any atom is 0.488 e. The summed E-state index contributed by atoms with van der Waals surface area (Å²) in [6.45, 7) is 1.25. The Balaban J connectivity index is 3.46. The SMILES string of the molecule is Cc1c(N=[N+]=[N-])cc(CS(=O)(=O)F)cc1OS(=O)(=O)F. The van der Waals surface area contributed by atoms with E-state index in [1.165, 1.54) is 6.92 Å². The van der Waals surface area contributed by atoms with Crippen molar-refractivity contribution in [2.45, 2.75) is 12.7 Å². The third-order valence-electron chi connectivity index (χ3n) is 2.07. The van der Waals surface area contributed by atoms with Gasteiger partial charge in [-0.3, -0.25) is 0 Å². The van der Waals surface area contributed by atoms with Crippen molar-refractivity contribution in [2.75, 3.05) is 0 Å². The second-order valence-corrected chi connectivity index (χ2v) is 5.91. The Morgan fingerprint density at radius 1 is 1.30 bits per heavy atom. The molecule has 1 aromatic rings. The van der Waals surface area contributed by atoms with Crippen molar-refractivity contribution in [3.63, 3.8) is 0 Å². The molecule has 0 atom stereocenters. The molecule has 20 heavy (non-hydrogen) atoms. The molecule has 0 saturated carbocycles. The Hall–Kier alpha value is -1.91. The average molecular weight is 327 g/mol. The summed E-state index contributed by atoms with van der Waals surface area (Å²) < 4.78 is 71.0. The van der Waals surface area contributed by atoms with Crippen LogP contribution in [0.3, 0.4) is 0 Å². The van der Waals surface area contributed by atoms with E-state index in [4.69, 9.17) is 5.53 Å². The predicted octanol–water partition coefficient (Wildman–Crippen LogP) is 2.33. The predicted molar refractivity (Wildman–Crippen MR) is 64.4 cm³/mol. The van der Waals surface area contributed by atoms with Crippen molar-refractivity contribution in [3.05, 3.63) is 33.7 Å². The molecule has 110 valence electrons. The van der Waals surface area contributed by atoms with E-state index in [0.29, 0.717) is 0 Å². The van der Waals surface area contributed by atoms with Crippen LogP contribution in [0.15, 0.2) is 17.2 Å². The van der Waals surface area contributed by atoms with Crippen molar-refractivity contribution in [1.29, 1.82) is 0 Å². The molecule has 0 fully saturated rings. The van der Waals surface area contributed by atoms with Crippen molar-refractivity contribution < 1.29 is 28.8 Å². The number of nitrogens with zero attached hydrogens (tertiary/aromatic N) is 3. The van der Waals surface area contributed by atoms with Gasteiger partial charge in [-0.05, 0) is 30.2 Å². The second kappa shape index (κ2) is 5.61. The first-order valence-corrected chi connectivity index (χ1v) is 7.63. The number of azide groups is 1. The molecule has 0 aliphatic rings. The fourth-order valence-corrected chi connectivity index (χ4v) is 2.31. The van der Waals surface area contributed by atoms with E-state index in [0.717, 1.165) is 12.1 Å². The Morgan fingerprint density at radius 2 is 1.90 bits per heavy atom. The minimum atomic E-state index is -5.37. The van der Waals surface area contributed by atoms with Gasteiger partial charge in [0.2, 0.25) is 0 Å². The molecule has 12 heteroatoms. The highest BCUT2D eigenvalue weighted by Gasteiger charge is 2.17. The molecule has 0 unspecified atom stereocenters. The van der Waals surface area contributed by atoms with Gasteiger partial charge in [0.05, 0.1) is 0 Å². The fraction of sp³-hybridized carbons (Fsp3) is 0.250. The summed E-state index contributed by atoms with van der Waals surface area (Å²) in [5.41, 5.74) is 7.79. The third kappa shape index (κ3) is 4.99. The monoisotopic (exact) mass is 327 g/mol. The highest BCUT2D eigenvalue weighted by atomic mass is 32.3. The van der Waals surface area contributed by atoms with Gasteiger partial charge in [-0.15, -0.1) is 3.89 Å². The van der Waals surface area contributed by atoms with E-state index in [2.05, 4.69) is 14.2 Å². The number of rotatable bonds is 5. The second-order valence-electron chi connectivity index (χ2n) is 3.59. The smallest absolute Gasteiger partial charge is 0.358 e. The standard InChI is InChI=1S/C8H7F2N3O5S2/c1-5-7(12-13-11)2-6(4-19(9,14)15)3-8(5)18-20(10,16)17/h2-3H,4H2,1H3. The van der Waals surface area contributed by atoms with Crippen LogP contribution in [0.25, 0.3) is 10.4 Å². The molecular weight excluding hydrogens is 320 g/mol. The normalized spacial score (nSPS) is 11.8. The van der Waals surface area contributed by atoms with E-state index in [1.807, 2.05) is 0 Å². The molecule has 0 aliphatic heterocycles. The molecule has 0 saturated heterocycles. The lowest BCUT2D eigenvalue weighted by molar-refractivity contribution is 0.438. The van der Waals surface area contributed by atoms with Gasteiger partial charge in [-0.1, -0.05) is 9.00 Å². The topological polar surface area (TPSA) is 126 Å². The minimum Gasteiger partial charge on any atom is -0.358 e. The molecular formula is C8H7F2N3O5S2. The van der Waals surface area contributed by atoms with Crippen LogP contribution in [0.1, 0.15) is 11.1 Å². The molecule has 0 radical (unpaired) electrons. The summed E-state index contributed by atoms with van der Waals surface area (Å²) in [4.78, 5) is 2.42. The maximum atomic E-state index is 12.6. The molecule has 0 heterocycles. The first-order valence-electron chi connectivity index (χ1n) is 4.77. The largest absolute Gasteiger partial charge is 0.488 e. The van der Waals surface area contributed by atoms with Crippen molar-refractivity contribution in [3.8, 4) is 5.75 Å². The summed E-state index contributed by atoms with van der Waals surface area (Å²) >= 11 is 0. The van der Waals surface area contributed by atoms with Gasteiger partial charge in [-0.25, -0.2) is 0 Å². The number of halogens is 2. The van der Waals surface area contributed by atoms with Crippen LogP contribution in [-0.2, 0) is 26.5 Å². The molecule has 0 spiro atoms. The van der Waals surface area contributed by atoms with Crippen molar-refractivity contribution in [2.24, 2.45) is 5.11 Å². The van der Waals surface area contributed by atoms with Crippen LogP contribution in [0.4, 0.5) is 13.5 Å². The van der Waals surface area contributed by atoms with Crippen LogP contribution in [0.2, 0.25) is 0 Å². The van der Waals surface area contributed by atoms with Crippen LogP contribution in [0, 0.1) is 6.92 Å². The van der Waals surface area contributed by atoms with E-state index >= 15 is 0 Å².